The summed E-state index contributed by atoms with van der Waals surface area (Å²) in [6.45, 7) is 7.30. The quantitative estimate of drug-likeness (QED) is 0.475. The van der Waals surface area contributed by atoms with Crippen LogP contribution in [0.25, 0.3) is 0 Å². The average molecular weight is 475 g/mol. The van der Waals surface area contributed by atoms with Gasteiger partial charge < -0.3 is 15.0 Å². The van der Waals surface area contributed by atoms with Gasteiger partial charge in [0.05, 0.1) is 6.61 Å². The molecule has 0 aliphatic heterocycles. The van der Waals surface area contributed by atoms with Crippen LogP contribution in [0.4, 0.5) is 0 Å². The number of nitrogens with zero attached hydrogens (tertiary/aromatic N) is 1. The Balaban J connectivity index is 1.99. The zero-order valence-corrected chi connectivity index (χ0v) is 19.5. The summed E-state index contributed by atoms with van der Waals surface area (Å²) in [6.07, 6.45) is 0.908. The molecule has 0 aliphatic rings. The van der Waals surface area contributed by atoms with Crippen molar-refractivity contribution in [1.82, 2.24) is 10.2 Å². The summed E-state index contributed by atoms with van der Waals surface area (Å²) in [4.78, 5) is 27.3. The number of hydrogen-bond acceptors (Lipinski definition) is 3. The Morgan fingerprint density at radius 1 is 1.07 bits per heavy atom. The van der Waals surface area contributed by atoms with E-state index in [1.165, 1.54) is 0 Å². The molecule has 0 aromatic heterocycles. The first-order chi connectivity index (χ1) is 14.4. The molecule has 1 atom stereocenters. The van der Waals surface area contributed by atoms with E-state index in [1.54, 1.807) is 11.8 Å². The van der Waals surface area contributed by atoms with Crippen LogP contribution in [0.5, 0.6) is 5.75 Å². The second kappa shape index (κ2) is 12.4. The van der Waals surface area contributed by atoms with Crippen LogP contribution in [0.3, 0.4) is 0 Å². The van der Waals surface area contributed by atoms with E-state index >= 15 is 0 Å². The number of halogens is 1. The first-order valence-electron chi connectivity index (χ1n) is 10.4. The first kappa shape index (κ1) is 23.9. The summed E-state index contributed by atoms with van der Waals surface area (Å²) < 4.78 is 6.63. The van der Waals surface area contributed by atoms with Gasteiger partial charge in [0, 0.05) is 24.0 Å². The zero-order valence-electron chi connectivity index (χ0n) is 17.9. The summed E-state index contributed by atoms with van der Waals surface area (Å²) in [5.41, 5.74) is 0.974. The predicted octanol–water partition coefficient (Wildman–Crippen LogP) is 4.80. The Kier molecular flexibility index (Phi) is 9.87. The van der Waals surface area contributed by atoms with Crippen molar-refractivity contribution >= 4 is 27.7 Å². The molecule has 30 heavy (non-hydrogen) atoms. The van der Waals surface area contributed by atoms with Crippen LogP contribution in [-0.4, -0.2) is 35.9 Å². The summed E-state index contributed by atoms with van der Waals surface area (Å²) in [7, 11) is 0. The molecule has 2 aromatic carbocycles. The molecule has 1 N–H and O–H groups in total. The van der Waals surface area contributed by atoms with Gasteiger partial charge in [0.25, 0.3) is 0 Å². The highest BCUT2D eigenvalue weighted by atomic mass is 79.9. The van der Waals surface area contributed by atoms with E-state index in [1.807, 2.05) is 68.4 Å². The lowest BCUT2D eigenvalue weighted by Gasteiger charge is -2.29. The molecule has 2 rings (SSSR count). The minimum Gasteiger partial charge on any atom is -0.494 e. The Morgan fingerprint density at radius 2 is 1.80 bits per heavy atom. The van der Waals surface area contributed by atoms with Crippen LogP contribution in [0, 0.1) is 5.92 Å². The molecule has 0 aliphatic carbocycles. The fraction of sp³-hybridized carbons (Fsp3) is 0.417. The lowest BCUT2D eigenvalue weighted by atomic mass is 10.1. The maximum atomic E-state index is 13.0. The summed E-state index contributed by atoms with van der Waals surface area (Å²) >= 11 is 3.47. The topological polar surface area (TPSA) is 58.6 Å². The second-order valence-electron chi connectivity index (χ2n) is 7.73. The Labute approximate surface area is 187 Å². The Morgan fingerprint density at radius 3 is 2.47 bits per heavy atom. The van der Waals surface area contributed by atoms with Crippen molar-refractivity contribution < 1.29 is 14.3 Å². The fourth-order valence-electron chi connectivity index (χ4n) is 2.94. The molecule has 0 radical (unpaired) electrons. The SMILES string of the molecule is CC(C)CNC(=O)[C@H](C)N(Cc1cccc(Br)c1)C(=O)CCCOc1ccccc1. The molecule has 0 spiro atoms. The number of ether oxygens (including phenoxy) is 1. The molecule has 162 valence electrons. The third-order valence-electron chi connectivity index (χ3n) is 4.64. The van der Waals surface area contributed by atoms with Crippen LogP contribution in [0.1, 0.15) is 39.2 Å². The minimum atomic E-state index is -0.551. The highest BCUT2D eigenvalue weighted by molar-refractivity contribution is 9.10. The molecular weight excluding hydrogens is 444 g/mol. The molecular formula is C24H31BrN2O3. The number of rotatable bonds is 11. The smallest absolute Gasteiger partial charge is 0.242 e. The number of amides is 2. The Bertz CT molecular complexity index is 811. The van der Waals surface area contributed by atoms with E-state index in [4.69, 9.17) is 4.74 Å². The lowest BCUT2D eigenvalue weighted by molar-refractivity contribution is -0.140. The average Bonchev–Trinajstić information content (AvgIpc) is 2.73. The van der Waals surface area contributed by atoms with E-state index in [0.717, 1.165) is 15.8 Å². The second-order valence-corrected chi connectivity index (χ2v) is 8.65. The van der Waals surface area contributed by atoms with Gasteiger partial charge in [-0.05, 0) is 49.1 Å². The van der Waals surface area contributed by atoms with Crippen LogP contribution in [-0.2, 0) is 16.1 Å². The number of para-hydroxylation sites is 1. The molecule has 0 heterocycles. The van der Waals surface area contributed by atoms with Gasteiger partial charge >= 0.3 is 0 Å². The van der Waals surface area contributed by atoms with Crippen LogP contribution in [0.2, 0.25) is 0 Å². The fourth-order valence-corrected chi connectivity index (χ4v) is 3.39. The third kappa shape index (κ3) is 8.19. The number of hydrogen-bond donors (Lipinski definition) is 1. The number of carbonyl (C=O) groups excluding carboxylic acids is 2. The van der Waals surface area contributed by atoms with Gasteiger partial charge in [-0.15, -0.1) is 0 Å². The number of carbonyl (C=O) groups is 2. The zero-order chi connectivity index (χ0) is 21.9. The lowest BCUT2D eigenvalue weighted by Crippen LogP contribution is -2.48. The van der Waals surface area contributed by atoms with Crippen molar-refractivity contribution in [1.29, 1.82) is 0 Å². The van der Waals surface area contributed by atoms with Gasteiger partial charge in [-0.2, -0.15) is 0 Å². The van der Waals surface area contributed by atoms with Crippen molar-refractivity contribution in [2.24, 2.45) is 5.92 Å². The molecule has 2 aromatic rings. The Hall–Kier alpha value is -2.34. The monoisotopic (exact) mass is 474 g/mol. The molecule has 2 amide bonds. The van der Waals surface area contributed by atoms with Crippen molar-refractivity contribution in [3.63, 3.8) is 0 Å². The van der Waals surface area contributed by atoms with E-state index < -0.39 is 6.04 Å². The first-order valence-corrected chi connectivity index (χ1v) is 11.2. The van der Waals surface area contributed by atoms with Crippen molar-refractivity contribution in [3.8, 4) is 5.75 Å². The normalized spacial score (nSPS) is 11.8. The number of nitrogens with one attached hydrogen (secondary N) is 1. The maximum Gasteiger partial charge on any atom is 0.242 e. The third-order valence-corrected chi connectivity index (χ3v) is 5.13. The molecule has 0 fully saturated rings. The van der Waals surface area contributed by atoms with Gasteiger partial charge in [-0.25, -0.2) is 0 Å². The van der Waals surface area contributed by atoms with Crippen LogP contribution in [0.15, 0.2) is 59.1 Å². The van der Waals surface area contributed by atoms with Gasteiger partial charge in [0.2, 0.25) is 11.8 Å². The maximum absolute atomic E-state index is 13.0. The highest BCUT2D eigenvalue weighted by Gasteiger charge is 2.25. The van der Waals surface area contributed by atoms with Crippen molar-refractivity contribution in [3.05, 3.63) is 64.6 Å². The van der Waals surface area contributed by atoms with Crippen molar-refractivity contribution in [2.45, 2.75) is 46.2 Å². The molecule has 0 saturated heterocycles. The summed E-state index contributed by atoms with van der Waals surface area (Å²) in [5.74, 6) is 0.953. The standard InChI is InChI=1S/C24H31BrN2O3/c1-18(2)16-26-24(29)19(3)27(17-20-9-7-10-21(25)15-20)23(28)13-8-14-30-22-11-5-4-6-12-22/h4-7,9-12,15,18-19H,8,13-14,16-17H2,1-3H3,(H,26,29)/t19-/m0/s1. The van der Waals surface area contributed by atoms with E-state index in [0.29, 0.717) is 38.5 Å². The summed E-state index contributed by atoms with van der Waals surface area (Å²) in [6, 6.07) is 16.8. The van der Waals surface area contributed by atoms with Gasteiger partial charge in [0.1, 0.15) is 11.8 Å². The molecule has 0 unspecified atom stereocenters. The van der Waals surface area contributed by atoms with Crippen LogP contribution < -0.4 is 10.1 Å². The number of benzene rings is 2. The molecule has 6 heteroatoms. The minimum absolute atomic E-state index is 0.0566. The van der Waals surface area contributed by atoms with Crippen molar-refractivity contribution in [2.75, 3.05) is 13.2 Å². The van der Waals surface area contributed by atoms with Gasteiger partial charge in [-0.1, -0.05) is 60.1 Å². The summed E-state index contributed by atoms with van der Waals surface area (Å²) in [5, 5.41) is 2.94. The predicted molar refractivity (Wildman–Crippen MR) is 123 cm³/mol. The molecule has 0 bridgehead atoms. The highest BCUT2D eigenvalue weighted by Crippen LogP contribution is 2.17. The molecule has 5 nitrogen and oxygen atoms in total. The van der Waals surface area contributed by atoms with E-state index in [2.05, 4.69) is 21.2 Å². The largest absolute Gasteiger partial charge is 0.494 e. The van der Waals surface area contributed by atoms with E-state index in [-0.39, 0.29) is 11.8 Å². The van der Waals surface area contributed by atoms with E-state index in [9.17, 15) is 9.59 Å². The van der Waals surface area contributed by atoms with Crippen LogP contribution >= 0.6 is 15.9 Å². The molecule has 0 saturated carbocycles. The van der Waals surface area contributed by atoms with Gasteiger partial charge in [0.15, 0.2) is 0 Å². The van der Waals surface area contributed by atoms with Gasteiger partial charge in [-0.3, -0.25) is 9.59 Å².